The van der Waals surface area contributed by atoms with Gasteiger partial charge in [0.2, 0.25) is 5.91 Å². The first-order valence-corrected chi connectivity index (χ1v) is 6.92. The first-order chi connectivity index (χ1) is 9.74. The molecule has 0 aliphatic carbocycles. The number of hydrogen-bond acceptors (Lipinski definition) is 2. The maximum atomic E-state index is 11.0. The minimum absolute atomic E-state index is 0.369. The summed E-state index contributed by atoms with van der Waals surface area (Å²) in [5.74, 6) is -0.369. The molecular formula is C17H18N2O. The normalized spacial score (nSPS) is 20.6. The molecule has 0 bridgehead atoms. The van der Waals surface area contributed by atoms with Gasteiger partial charge in [-0.2, -0.15) is 0 Å². The molecule has 1 aliphatic rings. The Morgan fingerprint density at radius 3 is 2.45 bits per heavy atom. The SMILES string of the molecule is NC(=O)c1ccc(CCN2C[C@@H]2c2ccccc2)cc1. The number of nitrogens with two attached hydrogens (primary N) is 1. The molecule has 0 saturated carbocycles. The fraction of sp³-hybridized carbons (Fsp3) is 0.235. The lowest BCUT2D eigenvalue weighted by Gasteiger charge is -2.05. The Kier molecular flexibility index (Phi) is 3.52. The van der Waals surface area contributed by atoms with Gasteiger partial charge in [-0.25, -0.2) is 0 Å². The predicted octanol–water partition coefficient (Wildman–Crippen LogP) is 2.38. The van der Waals surface area contributed by atoms with Crippen LogP contribution in [-0.4, -0.2) is 23.9 Å². The van der Waals surface area contributed by atoms with Crippen molar-refractivity contribution < 1.29 is 4.79 Å². The summed E-state index contributed by atoms with van der Waals surface area (Å²) in [6, 6.07) is 18.8. The van der Waals surface area contributed by atoms with Gasteiger partial charge in [0.05, 0.1) is 0 Å². The molecule has 2 N–H and O–H groups in total. The van der Waals surface area contributed by atoms with Crippen LogP contribution in [0, 0.1) is 0 Å². The van der Waals surface area contributed by atoms with Gasteiger partial charge < -0.3 is 5.73 Å². The number of primary amides is 1. The fourth-order valence-corrected chi connectivity index (χ4v) is 2.52. The minimum atomic E-state index is -0.369. The van der Waals surface area contributed by atoms with Gasteiger partial charge in [0, 0.05) is 24.7 Å². The van der Waals surface area contributed by atoms with Crippen molar-refractivity contribution in [1.29, 1.82) is 0 Å². The van der Waals surface area contributed by atoms with E-state index in [0.29, 0.717) is 11.6 Å². The smallest absolute Gasteiger partial charge is 0.248 e. The second kappa shape index (κ2) is 5.47. The topological polar surface area (TPSA) is 46.1 Å². The molecule has 1 unspecified atom stereocenters. The molecule has 0 radical (unpaired) electrons. The van der Waals surface area contributed by atoms with Crippen LogP contribution in [0.5, 0.6) is 0 Å². The maximum Gasteiger partial charge on any atom is 0.248 e. The summed E-state index contributed by atoms with van der Waals surface area (Å²) in [6.07, 6.45) is 1.00. The second-order valence-corrected chi connectivity index (χ2v) is 5.23. The van der Waals surface area contributed by atoms with Crippen LogP contribution in [0.15, 0.2) is 54.6 Å². The highest BCUT2D eigenvalue weighted by Gasteiger charge is 2.34. The summed E-state index contributed by atoms with van der Waals surface area (Å²) in [6.45, 7) is 2.19. The highest BCUT2D eigenvalue weighted by molar-refractivity contribution is 5.92. The standard InChI is InChI=1S/C17H18N2O/c18-17(20)15-8-6-13(7-9-15)10-11-19-12-16(19)14-4-2-1-3-5-14/h1-9,16H,10-12H2,(H2,18,20)/t16-,19?/m1/s1. The molecule has 3 nitrogen and oxygen atoms in total. The largest absolute Gasteiger partial charge is 0.366 e. The quantitative estimate of drug-likeness (QED) is 0.845. The Hall–Kier alpha value is -2.13. The van der Waals surface area contributed by atoms with Crippen LogP contribution in [0.4, 0.5) is 0 Å². The third-order valence-electron chi connectivity index (χ3n) is 3.83. The molecule has 1 amide bonds. The molecule has 2 atom stereocenters. The van der Waals surface area contributed by atoms with Crippen molar-refractivity contribution in [3.05, 3.63) is 71.3 Å². The Morgan fingerprint density at radius 2 is 1.80 bits per heavy atom. The van der Waals surface area contributed by atoms with Crippen molar-refractivity contribution in [1.82, 2.24) is 4.90 Å². The third-order valence-corrected chi connectivity index (χ3v) is 3.83. The zero-order chi connectivity index (χ0) is 13.9. The Balaban J connectivity index is 1.53. The van der Waals surface area contributed by atoms with Crippen LogP contribution in [0.1, 0.15) is 27.5 Å². The van der Waals surface area contributed by atoms with Crippen LogP contribution in [0.3, 0.4) is 0 Å². The van der Waals surface area contributed by atoms with Crippen molar-refractivity contribution in [2.45, 2.75) is 12.5 Å². The van der Waals surface area contributed by atoms with Crippen LogP contribution in [-0.2, 0) is 6.42 Å². The number of rotatable bonds is 5. The average molecular weight is 266 g/mol. The molecule has 102 valence electrons. The summed E-state index contributed by atoms with van der Waals surface area (Å²) in [4.78, 5) is 13.5. The van der Waals surface area contributed by atoms with E-state index in [1.165, 1.54) is 11.1 Å². The number of carbonyl (C=O) groups is 1. The summed E-state index contributed by atoms with van der Waals surface area (Å²) < 4.78 is 0. The lowest BCUT2D eigenvalue weighted by molar-refractivity contribution is 0.100. The molecular weight excluding hydrogens is 248 g/mol. The number of hydrogen-bond donors (Lipinski definition) is 1. The van der Waals surface area contributed by atoms with E-state index in [-0.39, 0.29) is 5.91 Å². The second-order valence-electron chi connectivity index (χ2n) is 5.23. The summed E-state index contributed by atoms with van der Waals surface area (Å²) >= 11 is 0. The van der Waals surface area contributed by atoms with Crippen molar-refractivity contribution in [3.63, 3.8) is 0 Å². The van der Waals surface area contributed by atoms with E-state index in [1.54, 1.807) is 12.1 Å². The van der Waals surface area contributed by atoms with Gasteiger partial charge in [-0.1, -0.05) is 42.5 Å². The fourth-order valence-electron chi connectivity index (χ4n) is 2.52. The van der Waals surface area contributed by atoms with Crippen LogP contribution in [0.25, 0.3) is 0 Å². The summed E-state index contributed by atoms with van der Waals surface area (Å²) in [5.41, 5.74) is 8.45. The number of carbonyl (C=O) groups excluding carboxylic acids is 1. The van der Waals surface area contributed by atoms with Crippen molar-refractivity contribution in [2.24, 2.45) is 5.73 Å². The van der Waals surface area contributed by atoms with Gasteiger partial charge in [0.25, 0.3) is 0 Å². The molecule has 20 heavy (non-hydrogen) atoms. The van der Waals surface area contributed by atoms with E-state index in [0.717, 1.165) is 19.5 Å². The van der Waals surface area contributed by atoms with Gasteiger partial charge in [-0.15, -0.1) is 0 Å². The van der Waals surface area contributed by atoms with Gasteiger partial charge in [0.15, 0.2) is 0 Å². The van der Waals surface area contributed by atoms with Crippen LogP contribution in [0.2, 0.25) is 0 Å². The summed E-state index contributed by atoms with van der Waals surface area (Å²) in [7, 11) is 0. The molecule has 0 aromatic heterocycles. The Labute approximate surface area is 119 Å². The lowest BCUT2D eigenvalue weighted by atomic mass is 10.1. The number of nitrogens with zero attached hydrogens (tertiary/aromatic N) is 1. The minimum Gasteiger partial charge on any atom is -0.366 e. The first-order valence-electron chi connectivity index (χ1n) is 6.92. The Bertz CT molecular complexity index is 592. The van der Waals surface area contributed by atoms with Crippen LogP contribution < -0.4 is 5.73 Å². The highest BCUT2D eigenvalue weighted by atomic mass is 16.1. The van der Waals surface area contributed by atoms with E-state index in [2.05, 4.69) is 35.2 Å². The van der Waals surface area contributed by atoms with Crippen molar-refractivity contribution in [2.75, 3.05) is 13.1 Å². The van der Waals surface area contributed by atoms with E-state index in [4.69, 9.17) is 5.73 Å². The Morgan fingerprint density at radius 1 is 1.10 bits per heavy atom. The van der Waals surface area contributed by atoms with Gasteiger partial charge in [-0.3, -0.25) is 9.69 Å². The lowest BCUT2D eigenvalue weighted by Crippen LogP contribution is -2.11. The van der Waals surface area contributed by atoms with Gasteiger partial charge >= 0.3 is 0 Å². The summed E-state index contributed by atoms with van der Waals surface area (Å²) in [5, 5.41) is 0. The molecule has 3 rings (SSSR count). The van der Waals surface area contributed by atoms with Gasteiger partial charge in [0.1, 0.15) is 0 Å². The molecule has 1 saturated heterocycles. The molecule has 1 heterocycles. The zero-order valence-electron chi connectivity index (χ0n) is 11.3. The first kappa shape index (κ1) is 12.9. The number of amides is 1. The molecule has 2 aromatic rings. The zero-order valence-corrected chi connectivity index (χ0v) is 11.3. The van der Waals surface area contributed by atoms with Crippen molar-refractivity contribution in [3.8, 4) is 0 Å². The third kappa shape index (κ3) is 2.89. The molecule has 1 fully saturated rings. The molecule has 0 spiro atoms. The average Bonchev–Trinajstić information content (AvgIpc) is 3.26. The van der Waals surface area contributed by atoms with Gasteiger partial charge in [-0.05, 0) is 29.7 Å². The van der Waals surface area contributed by atoms with E-state index < -0.39 is 0 Å². The van der Waals surface area contributed by atoms with E-state index in [9.17, 15) is 4.79 Å². The highest BCUT2D eigenvalue weighted by Crippen LogP contribution is 2.34. The maximum absolute atomic E-state index is 11.0. The van der Waals surface area contributed by atoms with E-state index >= 15 is 0 Å². The van der Waals surface area contributed by atoms with Crippen LogP contribution >= 0.6 is 0 Å². The monoisotopic (exact) mass is 266 g/mol. The number of benzene rings is 2. The predicted molar refractivity (Wildman–Crippen MR) is 79.4 cm³/mol. The molecule has 1 aliphatic heterocycles. The molecule has 2 aromatic carbocycles. The van der Waals surface area contributed by atoms with E-state index in [1.807, 2.05) is 12.1 Å². The molecule has 3 heteroatoms. The van der Waals surface area contributed by atoms with Crippen molar-refractivity contribution >= 4 is 5.91 Å².